The second-order valence-corrected chi connectivity index (χ2v) is 28.1. The van der Waals surface area contributed by atoms with Crippen molar-refractivity contribution < 1.29 is 248 Å². The molecule has 0 radical (unpaired) electrons. The molecule has 50 heteroatoms. The van der Waals surface area contributed by atoms with E-state index in [0.29, 0.717) is 0 Å². The van der Waals surface area contributed by atoms with Gasteiger partial charge in [-0.2, -0.15) is 0 Å². The highest BCUT2D eigenvalue weighted by molar-refractivity contribution is 5.04. The molecule has 640 valence electrons. The molecule has 0 aromatic heterocycles. The van der Waals surface area contributed by atoms with Gasteiger partial charge in [-0.05, 0) is 0 Å². The lowest BCUT2D eigenvalue weighted by Gasteiger charge is -2.50. The van der Waals surface area contributed by atoms with Gasteiger partial charge in [0.2, 0.25) is 0 Å². The van der Waals surface area contributed by atoms with Crippen molar-refractivity contribution >= 4 is 0 Å². The van der Waals surface area contributed by atoms with E-state index in [0.717, 1.165) is 0 Å². The van der Waals surface area contributed by atoms with Crippen LogP contribution in [0.5, 0.6) is 0 Å². The molecule has 0 aromatic carbocycles. The van der Waals surface area contributed by atoms with E-state index in [-0.39, 0.29) is 0 Å². The fourth-order valence-electron chi connectivity index (χ4n) is 14.9. The number of aliphatic hydroxyl groups excluding tert-OH is 30. The van der Waals surface area contributed by atoms with Crippen LogP contribution in [0.3, 0.4) is 0 Å². The van der Waals surface area contributed by atoms with Gasteiger partial charge in [-0.1, -0.05) is 0 Å². The van der Waals surface area contributed by atoms with Gasteiger partial charge in [-0.15, -0.1) is 0 Å². The molecule has 20 bridgehead atoms. The molecular weight excluding hydrogens is 1520 g/mol. The van der Waals surface area contributed by atoms with Crippen LogP contribution in [-0.4, -0.2) is 526 Å². The van der Waals surface area contributed by atoms with Gasteiger partial charge in [0, 0.05) is 0 Å². The van der Waals surface area contributed by atoms with E-state index in [4.69, 9.17) is 94.7 Å². The Labute approximate surface area is 619 Å². The van der Waals surface area contributed by atoms with Crippen LogP contribution in [0.4, 0.5) is 0 Å². The topological polar surface area (TPSA) is 792 Å². The molecule has 0 amide bonds. The first-order valence-corrected chi connectivity index (χ1v) is 35.2. The fraction of sp³-hybridized carbons (Fsp3) is 1.00. The van der Waals surface area contributed by atoms with Crippen molar-refractivity contribution in [1.82, 2.24) is 0 Å². The monoisotopic (exact) mass is 1620 g/mol. The number of hydrogen-bond donors (Lipinski definition) is 30. The smallest absolute Gasteiger partial charge is 0.187 e. The van der Waals surface area contributed by atoms with Crippen LogP contribution >= 0.6 is 0 Å². The Morgan fingerprint density at radius 2 is 0.182 bits per heavy atom. The van der Waals surface area contributed by atoms with Crippen LogP contribution in [-0.2, 0) is 94.7 Å². The summed E-state index contributed by atoms with van der Waals surface area (Å²) in [5.41, 5.74) is 0. The minimum atomic E-state index is -2.31. The highest BCUT2D eigenvalue weighted by atomic mass is 16.8. The summed E-state index contributed by atoms with van der Waals surface area (Å²) in [5, 5.41) is 334. The molecule has 30 N–H and O–H groups in total. The maximum Gasteiger partial charge on any atom is 0.187 e. The Morgan fingerprint density at radius 1 is 0.109 bits per heavy atom. The average Bonchev–Trinajstić information content (AvgIpc) is 0.776. The summed E-state index contributed by atoms with van der Waals surface area (Å²) in [6.45, 7) is -11.3. The van der Waals surface area contributed by atoms with Gasteiger partial charge in [0.15, 0.2) is 62.9 Å². The first-order chi connectivity index (χ1) is 52.4. The quantitative estimate of drug-likeness (QED) is 0.0966. The fourth-order valence-corrected chi connectivity index (χ4v) is 14.9. The Kier molecular flexibility index (Phi) is 30.6. The van der Waals surface area contributed by atoms with E-state index in [1.165, 1.54) is 0 Å². The van der Waals surface area contributed by atoms with E-state index in [2.05, 4.69) is 0 Å². The third-order valence-corrected chi connectivity index (χ3v) is 21.1. The van der Waals surface area contributed by atoms with Crippen molar-refractivity contribution in [3.05, 3.63) is 0 Å². The molecule has 38 heterocycles. The van der Waals surface area contributed by atoms with Gasteiger partial charge in [-0.25, -0.2) is 0 Å². The highest BCUT2D eigenvalue weighted by Gasteiger charge is 2.62. The summed E-state index contributed by atoms with van der Waals surface area (Å²) in [6, 6.07) is 0. The van der Waals surface area contributed by atoms with Crippen molar-refractivity contribution in [3.63, 3.8) is 0 Å². The van der Waals surface area contributed by atoms with Crippen LogP contribution in [0.2, 0.25) is 0 Å². The largest absolute Gasteiger partial charge is 0.394 e. The molecular formula is C60H100O50. The highest BCUT2D eigenvalue weighted by Crippen LogP contribution is 2.41. The second kappa shape index (κ2) is 37.9. The van der Waals surface area contributed by atoms with Crippen LogP contribution in [0.25, 0.3) is 0 Å². The zero-order valence-electron chi connectivity index (χ0n) is 57.5. The van der Waals surface area contributed by atoms with Gasteiger partial charge in [0.05, 0.1) is 66.1 Å². The minimum absolute atomic E-state index is 1.13. The number of rotatable bonds is 10. The number of hydrogen-bond acceptors (Lipinski definition) is 50. The van der Waals surface area contributed by atoms with Crippen molar-refractivity contribution in [2.75, 3.05) is 66.1 Å². The molecule has 0 aliphatic carbocycles. The van der Waals surface area contributed by atoms with Crippen molar-refractivity contribution in [2.24, 2.45) is 0 Å². The normalized spacial score (nSPS) is 55.4. The summed E-state index contributed by atoms with van der Waals surface area (Å²) >= 11 is 0. The predicted octanol–water partition coefficient (Wildman–Crippen LogP) is -21.8. The Hall–Kier alpha value is -2.00. The van der Waals surface area contributed by atoms with E-state index in [1.807, 2.05) is 0 Å². The second-order valence-electron chi connectivity index (χ2n) is 28.1. The Balaban J connectivity index is 0.825. The third-order valence-electron chi connectivity index (χ3n) is 21.1. The van der Waals surface area contributed by atoms with Crippen molar-refractivity contribution in [1.29, 1.82) is 0 Å². The van der Waals surface area contributed by atoms with Crippen molar-refractivity contribution in [3.8, 4) is 0 Å². The molecule has 0 unspecified atom stereocenters. The maximum atomic E-state index is 11.5. The third kappa shape index (κ3) is 17.6. The number of ether oxygens (including phenoxy) is 20. The molecule has 50 atom stereocenters. The van der Waals surface area contributed by atoms with Crippen molar-refractivity contribution in [2.45, 2.75) is 307 Å². The Morgan fingerprint density at radius 3 is 0.245 bits per heavy atom. The molecule has 38 aliphatic heterocycles. The Bertz CT molecular complexity index is 2190. The molecule has 110 heavy (non-hydrogen) atoms. The maximum absolute atomic E-state index is 11.5. The summed E-state index contributed by atoms with van der Waals surface area (Å²) in [5.74, 6) is 0. The van der Waals surface area contributed by atoms with Gasteiger partial charge in [0.1, 0.15) is 244 Å². The lowest BCUT2D eigenvalue weighted by molar-refractivity contribution is -0.404. The van der Waals surface area contributed by atoms with Gasteiger partial charge >= 0.3 is 0 Å². The summed E-state index contributed by atoms with van der Waals surface area (Å²) in [7, 11) is 0. The first-order valence-electron chi connectivity index (χ1n) is 35.2. The number of aliphatic hydroxyl groups is 30. The zero-order chi connectivity index (χ0) is 80.1. The predicted molar refractivity (Wildman–Crippen MR) is 326 cm³/mol. The zero-order valence-corrected chi connectivity index (χ0v) is 57.5. The molecule has 0 spiro atoms. The van der Waals surface area contributed by atoms with Crippen LogP contribution < -0.4 is 0 Å². The van der Waals surface area contributed by atoms with E-state index in [1.54, 1.807) is 0 Å². The van der Waals surface area contributed by atoms with Crippen LogP contribution in [0.15, 0.2) is 0 Å². The molecule has 38 saturated heterocycles. The first kappa shape index (κ1) is 88.8. The molecule has 38 fully saturated rings. The summed E-state index contributed by atoms with van der Waals surface area (Å²) in [6.07, 6.45) is -106. The SMILES string of the molecule is OC[C@H]1O[C@@H]2O[C@H]3[C@H](O)[C@@H](O)[C@@H](O[C@H]4[C@H](O)[C@@H](O)[C@@H](O[C@H]5[C@H](O)[C@@H](O)[C@@H](O[C@H]6[C@H](O)[C@@H](O)[C@@H](O[C@H]7[C@H](O)[C@@H](O)[C@@H](O[C@H]8[C@H](O)[C@@H](O)[C@@H](O[C@H]9[C@H](O)[C@@H](O)[C@@H](O[C@H]%10[C@H](O)[C@@H](O)[C@@H](O[C@H]%11[C@H](O)[C@@H](O)[C@@H](O[C@H]1[C@H](O)[C@H]2O)O[C@@H]%11CO)O[C@@H]%10CO)O[C@@H]9CO)O[C@@H]8CO)O[C@@H]7CO)O[C@@H]6CO)O[C@@H]5CO)O[C@@H]4CO)O[C@@H]3CO. The summed E-state index contributed by atoms with van der Waals surface area (Å²) < 4.78 is 114. The molecule has 38 rings (SSSR count). The van der Waals surface area contributed by atoms with E-state index < -0.39 is 373 Å². The average molecular weight is 1620 g/mol. The van der Waals surface area contributed by atoms with Crippen LogP contribution in [0, 0.1) is 0 Å². The van der Waals surface area contributed by atoms with E-state index in [9.17, 15) is 153 Å². The lowest BCUT2D eigenvalue weighted by Crippen LogP contribution is -2.69. The molecule has 38 aliphatic rings. The molecule has 0 saturated carbocycles. The molecule has 0 aromatic rings. The standard InChI is InChI=1S/C60H100O50/c61-1-11-41-21(71)31(81)51(91-11)102-42-12(2-62)93-53(33(83)23(42)73)104-44-14(4-64)95-55(35(85)25(44)75)106-46-16(6-66)97-57(37(87)27(46)77)108-48-18(8-68)99-59(39(89)29(48)79)110-50-20(10-70)100-60(40(90)30(50)80)109-49-19(9-69)98-58(38(88)28(49)78)107-47-17(7-67)96-56(36(86)26(47)76)105-45-15(5-65)94-54(34(84)24(45)74)103-43-13(3-63)92-52(101-41)32(82)22(43)72/h11-90H,1-10H2/t11-,12-,13-,14-,15-,16-,17-,18-,19-,20-,21-,22-,23-,24-,25-,26-,27-,28-,29-,30-,31-,32-,33-,34-,35-,36-,37-,38-,39-,40-,41-,42-,43-,44-,45-,46-,47-,48-,49-,50-,51-,52-,53-,54-,55-,56-,57-,58-,59-,60-/m1/s1. The lowest BCUT2D eigenvalue weighted by atomic mass is 9.94. The van der Waals surface area contributed by atoms with Gasteiger partial charge in [0.25, 0.3) is 0 Å². The molecule has 50 nitrogen and oxygen atoms in total. The van der Waals surface area contributed by atoms with E-state index >= 15 is 0 Å². The summed E-state index contributed by atoms with van der Waals surface area (Å²) in [4.78, 5) is 0. The van der Waals surface area contributed by atoms with Crippen LogP contribution in [0.1, 0.15) is 0 Å². The minimum Gasteiger partial charge on any atom is -0.394 e. The van der Waals surface area contributed by atoms with Gasteiger partial charge in [-0.3, -0.25) is 0 Å². The van der Waals surface area contributed by atoms with Gasteiger partial charge < -0.3 is 248 Å².